The number of allylic oxidation sites excluding steroid dienone is 3. The second kappa shape index (κ2) is 8.24. The van der Waals surface area contributed by atoms with Gasteiger partial charge in [0.25, 0.3) is 0 Å². The predicted molar refractivity (Wildman–Crippen MR) is 102 cm³/mol. The molecule has 1 aliphatic rings. The smallest absolute Gasteiger partial charge is 0.213 e. The van der Waals surface area contributed by atoms with Crippen molar-refractivity contribution in [3.63, 3.8) is 0 Å². The molecule has 0 heterocycles. The first-order chi connectivity index (χ1) is 12.2. The van der Waals surface area contributed by atoms with Gasteiger partial charge in [-0.2, -0.15) is 0 Å². The van der Waals surface area contributed by atoms with Gasteiger partial charge >= 0.3 is 0 Å². The van der Waals surface area contributed by atoms with Crippen molar-refractivity contribution in [2.24, 2.45) is 5.92 Å². The number of carbonyl (C=O) groups excluding carboxylic acids is 1. The third-order valence-electron chi connectivity index (χ3n) is 3.97. The zero-order chi connectivity index (χ0) is 19.3. The minimum Gasteiger partial charge on any atom is -0.493 e. The highest BCUT2D eigenvalue weighted by atomic mass is 32.2. The highest BCUT2D eigenvalue weighted by Gasteiger charge is 2.23. The van der Waals surface area contributed by atoms with Crippen molar-refractivity contribution < 1.29 is 17.9 Å². The Morgan fingerprint density at radius 1 is 1.42 bits per heavy atom. The van der Waals surface area contributed by atoms with Crippen LogP contribution in [0.1, 0.15) is 25.3 Å². The van der Waals surface area contributed by atoms with E-state index in [1.807, 2.05) is 0 Å². The number of hydrogen-bond acceptors (Lipinski definition) is 4. The first kappa shape index (κ1) is 19.8. The molecule has 1 saturated carbocycles. The van der Waals surface area contributed by atoms with E-state index in [2.05, 4.69) is 5.92 Å². The van der Waals surface area contributed by atoms with E-state index in [1.165, 1.54) is 11.0 Å². The van der Waals surface area contributed by atoms with E-state index >= 15 is 0 Å². The molecule has 0 aliphatic heterocycles. The summed E-state index contributed by atoms with van der Waals surface area (Å²) < 4.78 is 29.9. The number of hydrogen-bond donors (Lipinski definition) is 0. The van der Waals surface area contributed by atoms with Crippen LogP contribution in [0.15, 0.2) is 40.9 Å². The monoisotopic (exact) mass is 373 g/mol. The lowest BCUT2D eigenvalue weighted by atomic mass is 10.0. The van der Waals surface area contributed by atoms with Crippen LogP contribution >= 0.6 is 0 Å². The summed E-state index contributed by atoms with van der Waals surface area (Å²) in [6, 6.07) is 4.74. The summed E-state index contributed by atoms with van der Waals surface area (Å²) in [5, 5.41) is 0. The molecule has 26 heavy (non-hydrogen) atoms. The molecule has 1 amide bonds. The van der Waals surface area contributed by atoms with Gasteiger partial charge in [-0.3, -0.25) is 4.79 Å². The zero-order valence-corrected chi connectivity index (χ0v) is 16.0. The van der Waals surface area contributed by atoms with Gasteiger partial charge in [-0.1, -0.05) is 5.92 Å². The Hall–Kier alpha value is -2.52. The summed E-state index contributed by atoms with van der Waals surface area (Å²) in [7, 11) is -1.80. The molecule has 0 unspecified atom stereocenters. The molecule has 0 atom stereocenters. The van der Waals surface area contributed by atoms with Crippen molar-refractivity contribution in [1.82, 2.24) is 4.90 Å². The van der Waals surface area contributed by atoms with Gasteiger partial charge in [0.05, 0.1) is 11.5 Å². The van der Waals surface area contributed by atoms with Crippen molar-refractivity contribution in [3.05, 3.63) is 41.6 Å². The average molecular weight is 373 g/mol. The third kappa shape index (κ3) is 5.50. The Balaban J connectivity index is 2.59. The molecule has 1 aromatic carbocycles. The first-order valence-corrected chi connectivity index (χ1v) is 10.1. The number of rotatable bonds is 8. The lowest BCUT2D eigenvalue weighted by Gasteiger charge is -2.15. The van der Waals surface area contributed by atoms with Gasteiger partial charge in [-0.25, -0.2) is 8.42 Å². The maximum atomic E-state index is 12.0. The molecule has 0 saturated heterocycles. The predicted octanol–water partition coefficient (Wildman–Crippen LogP) is 2.89. The molecule has 0 spiro atoms. The van der Waals surface area contributed by atoms with Crippen LogP contribution in [0.25, 0.3) is 5.57 Å². The number of amides is 1. The van der Waals surface area contributed by atoms with Crippen molar-refractivity contribution in [2.45, 2.75) is 24.7 Å². The molecule has 0 bridgehead atoms. The van der Waals surface area contributed by atoms with Crippen LogP contribution in [0.2, 0.25) is 0 Å². The van der Waals surface area contributed by atoms with Gasteiger partial charge in [-0.05, 0) is 55.5 Å². The van der Waals surface area contributed by atoms with E-state index in [1.54, 1.807) is 38.4 Å². The Kier molecular flexibility index (Phi) is 6.27. The Morgan fingerprint density at radius 2 is 2.12 bits per heavy atom. The quantitative estimate of drug-likeness (QED) is 0.399. The summed E-state index contributed by atoms with van der Waals surface area (Å²) in [5.41, 5.74) is 1.83. The van der Waals surface area contributed by atoms with Gasteiger partial charge in [-0.15, -0.1) is 6.42 Å². The van der Waals surface area contributed by atoms with Crippen molar-refractivity contribution >= 4 is 21.8 Å². The highest BCUT2D eigenvalue weighted by Crippen LogP contribution is 2.34. The molecule has 0 radical (unpaired) electrons. The van der Waals surface area contributed by atoms with Crippen molar-refractivity contribution in [2.75, 3.05) is 19.9 Å². The maximum Gasteiger partial charge on any atom is 0.213 e. The number of nitrogens with zero attached hydrogens (tertiary/aromatic N) is 1. The fraction of sp³-hybridized carbons (Fsp3) is 0.350. The van der Waals surface area contributed by atoms with E-state index < -0.39 is 9.84 Å². The van der Waals surface area contributed by atoms with Crippen LogP contribution in [0.5, 0.6) is 5.75 Å². The molecule has 1 aromatic rings. The number of benzene rings is 1. The van der Waals surface area contributed by atoms with E-state index in [0.29, 0.717) is 41.4 Å². The van der Waals surface area contributed by atoms with Gasteiger partial charge < -0.3 is 9.64 Å². The zero-order valence-electron chi connectivity index (χ0n) is 15.2. The second-order valence-corrected chi connectivity index (χ2v) is 8.53. The van der Waals surface area contributed by atoms with Crippen LogP contribution < -0.4 is 4.74 Å². The number of carbonyl (C=O) groups is 1. The first-order valence-electron chi connectivity index (χ1n) is 8.26. The number of sulfone groups is 1. The topological polar surface area (TPSA) is 63.7 Å². The summed E-state index contributed by atoms with van der Waals surface area (Å²) in [6.07, 6.45) is 12.9. The Morgan fingerprint density at radius 3 is 2.65 bits per heavy atom. The summed E-state index contributed by atoms with van der Waals surface area (Å²) in [6.45, 7) is 2.35. The number of terminal acetylenes is 1. The van der Waals surface area contributed by atoms with E-state index in [4.69, 9.17) is 11.2 Å². The molecule has 1 aliphatic carbocycles. The lowest BCUT2D eigenvalue weighted by Crippen LogP contribution is -2.09. The van der Waals surface area contributed by atoms with E-state index in [-0.39, 0.29) is 4.90 Å². The summed E-state index contributed by atoms with van der Waals surface area (Å²) >= 11 is 0. The van der Waals surface area contributed by atoms with E-state index in [0.717, 1.165) is 19.1 Å². The molecule has 6 heteroatoms. The lowest BCUT2D eigenvalue weighted by molar-refractivity contribution is -0.114. The molecule has 0 aromatic heterocycles. The standard InChI is InChI=1S/C20H23NO4S/c1-5-15(2)10-17(12-21(3)14-22)19-11-18(26(4,23)24)8-9-20(19)25-13-16-6-7-16/h1,8-12,14,16H,6-7,13H2,2-4H3/b15-10+,17-12+. The van der Waals surface area contributed by atoms with Gasteiger partial charge in [0, 0.05) is 30.6 Å². The average Bonchev–Trinajstić information content (AvgIpc) is 3.42. The summed E-state index contributed by atoms with van der Waals surface area (Å²) in [4.78, 5) is 12.6. The Bertz CT molecular complexity index is 887. The van der Waals surface area contributed by atoms with Gasteiger partial charge in [0.1, 0.15) is 5.75 Å². The highest BCUT2D eigenvalue weighted by molar-refractivity contribution is 7.90. The maximum absolute atomic E-state index is 12.0. The molecule has 1 fully saturated rings. The third-order valence-corrected chi connectivity index (χ3v) is 5.08. The normalized spacial score (nSPS) is 15.3. The summed E-state index contributed by atoms with van der Waals surface area (Å²) in [5.74, 6) is 3.65. The van der Waals surface area contributed by atoms with Crippen LogP contribution in [0.4, 0.5) is 0 Å². The molecule has 2 rings (SSSR count). The SMILES string of the molecule is C#C/C(C)=C/C(=C\N(C)C=O)c1cc(S(C)(=O)=O)ccc1OCC1CC1. The minimum atomic E-state index is -3.39. The van der Waals surface area contributed by atoms with Crippen molar-refractivity contribution in [1.29, 1.82) is 0 Å². The van der Waals surface area contributed by atoms with Crippen LogP contribution in [0.3, 0.4) is 0 Å². The fourth-order valence-electron chi connectivity index (χ4n) is 2.29. The van der Waals surface area contributed by atoms with Crippen LogP contribution in [0, 0.1) is 18.3 Å². The van der Waals surface area contributed by atoms with Gasteiger partial charge in [0.15, 0.2) is 9.84 Å². The number of ether oxygens (including phenoxy) is 1. The van der Waals surface area contributed by atoms with Crippen LogP contribution in [-0.4, -0.2) is 39.6 Å². The fourth-order valence-corrected chi connectivity index (χ4v) is 2.94. The molecule has 138 valence electrons. The molecular formula is C20H23NO4S. The van der Waals surface area contributed by atoms with Crippen LogP contribution in [-0.2, 0) is 14.6 Å². The largest absolute Gasteiger partial charge is 0.493 e. The second-order valence-electron chi connectivity index (χ2n) is 6.51. The molecule has 0 N–H and O–H groups in total. The van der Waals surface area contributed by atoms with Gasteiger partial charge in [0.2, 0.25) is 6.41 Å². The molecule has 5 nitrogen and oxygen atoms in total. The Labute approximate surface area is 155 Å². The van der Waals surface area contributed by atoms with E-state index in [9.17, 15) is 13.2 Å². The molecular weight excluding hydrogens is 350 g/mol. The van der Waals surface area contributed by atoms with Crippen molar-refractivity contribution in [3.8, 4) is 18.1 Å². The minimum absolute atomic E-state index is 0.178.